The zero-order valence-corrected chi connectivity index (χ0v) is 11.9. The Kier molecular flexibility index (Phi) is 2.62. The molecule has 4 rings (SSSR count). The third-order valence-corrected chi connectivity index (χ3v) is 3.80. The fraction of sp³-hybridized carbons (Fsp3) is 0.0667. The standard InChI is InChI=1S/C15H11ClN4O/c1-21-13-3-2-9(6-10(13)16)14-12-7-18-15-11(4-5-17-15)20(12)8-19-14/h2-8,17H,1H3. The van der Waals surface area contributed by atoms with Gasteiger partial charge in [0, 0.05) is 11.8 Å². The van der Waals surface area contributed by atoms with Gasteiger partial charge in [0.25, 0.3) is 0 Å². The lowest BCUT2D eigenvalue weighted by atomic mass is 10.1. The summed E-state index contributed by atoms with van der Waals surface area (Å²) < 4.78 is 7.18. The van der Waals surface area contributed by atoms with E-state index in [9.17, 15) is 0 Å². The highest BCUT2D eigenvalue weighted by Crippen LogP contribution is 2.31. The molecule has 21 heavy (non-hydrogen) atoms. The Morgan fingerprint density at radius 1 is 1.19 bits per heavy atom. The molecule has 0 bridgehead atoms. The number of ether oxygens (including phenoxy) is 1. The molecular weight excluding hydrogens is 288 g/mol. The summed E-state index contributed by atoms with van der Waals surface area (Å²) >= 11 is 6.20. The molecule has 0 aliphatic rings. The topological polar surface area (TPSA) is 55.2 Å². The monoisotopic (exact) mass is 298 g/mol. The number of hydrogen-bond acceptors (Lipinski definition) is 3. The summed E-state index contributed by atoms with van der Waals surface area (Å²) in [5.41, 5.74) is 4.53. The number of fused-ring (bicyclic) bond motifs is 3. The second-order valence-electron chi connectivity index (χ2n) is 4.67. The Morgan fingerprint density at radius 3 is 2.90 bits per heavy atom. The van der Waals surface area contributed by atoms with Gasteiger partial charge in [-0.1, -0.05) is 11.6 Å². The Bertz CT molecular complexity index is 957. The summed E-state index contributed by atoms with van der Waals surface area (Å²) in [5, 5.41) is 0.562. The predicted molar refractivity (Wildman–Crippen MR) is 81.8 cm³/mol. The lowest BCUT2D eigenvalue weighted by Gasteiger charge is -2.05. The number of methoxy groups -OCH3 is 1. The van der Waals surface area contributed by atoms with Crippen LogP contribution in [0.4, 0.5) is 0 Å². The van der Waals surface area contributed by atoms with E-state index in [0.717, 1.165) is 27.9 Å². The van der Waals surface area contributed by atoms with Gasteiger partial charge in [-0.25, -0.2) is 9.97 Å². The summed E-state index contributed by atoms with van der Waals surface area (Å²) in [6, 6.07) is 7.60. The number of rotatable bonds is 2. The molecule has 3 heterocycles. The number of nitrogens with one attached hydrogen (secondary N) is 1. The molecule has 1 N–H and O–H groups in total. The molecule has 4 aromatic rings. The van der Waals surface area contributed by atoms with E-state index in [1.54, 1.807) is 19.6 Å². The van der Waals surface area contributed by atoms with Gasteiger partial charge < -0.3 is 9.72 Å². The number of aromatic amines is 1. The first kappa shape index (κ1) is 12.2. The van der Waals surface area contributed by atoms with E-state index >= 15 is 0 Å². The van der Waals surface area contributed by atoms with Crippen molar-refractivity contribution in [1.29, 1.82) is 0 Å². The Morgan fingerprint density at radius 2 is 2.10 bits per heavy atom. The van der Waals surface area contributed by atoms with Crippen LogP contribution in [0.15, 0.2) is 43.0 Å². The van der Waals surface area contributed by atoms with Crippen LogP contribution in [-0.4, -0.2) is 26.5 Å². The normalized spacial score (nSPS) is 11.3. The zero-order chi connectivity index (χ0) is 14.4. The van der Waals surface area contributed by atoms with Crippen molar-refractivity contribution < 1.29 is 4.74 Å². The molecule has 0 atom stereocenters. The molecule has 0 unspecified atom stereocenters. The molecule has 0 saturated carbocycles. The average Bonchev–Trinajstić information content (AvgIpc) is 3.12. The summed E-state index contributed by atoms with van der Waals surface area (Å²) in [5.74, 6) is 0.648. The zero-order valence-electron chi connectivity index (χ0n) is 11.2. The van der Waals surface area contributed by atoms with Crippen LogP contribution in [0.1, 0.15) is 0 Å². The van der Waals surface area contributed by atoms with Crippen LogP contribution in [-0.2, 0) is 0 Å². The first-order valence-corrected chi connectivity index (χ1v) is 6.79. The first-order chi connectivity index (χ1) is 10.3. The number of halogens is 1. The quantitative estimate of drug-likeness (QED) is 0.616. The average molecular weight is 299 g/mol. The number of aromatic nitrogens is 4. The van der Waals surface area contributed by atoms with E-state index in [1.807, 2.05) is 34.9 Å². The first-order valence-electron chi connectivity index (χ1n) is 6.41. The summed E-state index contributed by atoms with van der Waals surface area (Å²) in [6.45, 7) is 0. The van der Waals surface area contributed by atoms with Gasteiger partial charge in [-0.15, -0.1) is 0 Å². The van der Waals surface area contributed by atoms with E-state index in [1.165, 1.54) is 0 Å². The maximum atomic E-state index is 6.20. The maximum absolute atomic E-state index is 6.20. The van der Waals surface area contributed by atoms with Crippen LogP contribution in [0.25, 0.3) is 27.9 Å². The molecule has 0 amide bonds. The van der Waals surface area contributed by atoms with E-state index in [4.69, 9.17) is 16.3 Å². The van der Waals surface area contributed by atoms with Crippen LogP contribution < -0.4 is 4.74 Å². The van der Waals surface area contributed by atoms with Crippen molar-refractivity contribution in [3.05, 3.63) is 48.0 Å². The highest BCUT2D eigenvalue weighted by molar-refractivity contribution is 6.32. The highest BCUT2D eigenvalue weighted by Gasteiger charge is 2.12. The van der Waals surface area contributed by atoms with Crippen LogP contribution in [0.5, 0.6) is 5.75 Å². The predicted octanol–water partition coefficient (Wildman–Crippen LogP) is 3.54. The molecule has 1 aromatic carbocycles. The Balaban J connectivity index is 1.96. The number of nitrogens with zero attached hydrogens (tertiary/aromatic N) is 3. The minimum Gasteiger partial charge on any atom is -0.495 e. The summed E-state index contributed by atoms with van der Waals surface area (Å²) in [7, 11) is 1.60. The van der Waals surface area contributed by atoms with Crippen molar-refractivity contribution in [2.75, 3.05) is 7.11 Å². The lowest BCUT2D eigenvalue weighted by molar-refractivity contribution is 0.415. The van der Waals surface area contributed by atoms with E-state index in [-0.39, 0.29) is 0 Å². The fourth-order valence-corrected chi connectivity index (χ4v) is 2.74. The second kappa shape index (κ2) is 4.49. The van der Waals surface area contributed by atoms with Gasteiger partial charge in [0.1, 0.15) is 12.1 Å². The number of H-pyrrole nitrogens is 1. The van der Waals surface area contributed by atoms with Gasteiger partial charge in [-0.3, -0.25) is 4.40 Å². The fourth-order valence-electron chi connectivity index (χ4n) is 2.49. The van der Waals surface area contributed by atoms with E-state index < -0.39 is 0 Å². The summed E-state index contributed by atoms with van der Waals surface area (Å²) in [4.78, 5) is 12.0. The minimum absolute atomic E-state index is 0.562. The van der Waals surface area contributed by atoms with Crippen molar-refractivity contribution in [3.8, 4) is 17.0 Å². The molecule has 0 spiro atoms. The van der Waals surface area contributed by atoms with Crippen molar-refractivity contribution in [1.82, 2.24) is 19.4 Å². The van der Waals surface area contributed by atoms with Gasteiger partial charge in [0.2, 0.25) is 0 Å². The van der Waals surface area contributed by atoms with Gasteiger partial charge in [0.15, 0.2) is 5.65 Å². The maximum Gasteiger partial charge on any atom is 0.154 e. The second-order valence-corrected chi connectivity index (χ2v) is 5.07. The number of imidazole rings is 1. The number of hydrogen-bond donors (Lipinski definition) is 1. The smallest absolute Gasteiger partial charge is 0.154 e. The third-order valence-electron chi connectivity index (χ3n) is 3.51. The van der Waals surface area contributed by atoms with Crippen molar-refractivity contribution >= 4 is 28.3 Å². The molecular formula is C15H11ClN4O. The number of benzene rings is 1. The summed E-state index contributed by atoms with van der Waals surface area (Å²) in [6.07, 6.45) is 5.46. The lowest BCUT2D eigenvalue weighted by Crippen LogP contribution is -1.88. The van der Waals surface area contributed by atoms with Gasteiger partial charge in [-0.05, 0) is 24.3 Å². The SMILES string of the molecule is COc1ccc(-c2ncn3c2cnc2[nH]ccc23)cc1Cl. The van der Waals surface area contributed by atoms with Crippen molar-refractivity contribution in [2.24, 2.45) is 0 Å². The Hall–Kier alpha value is -2.53. The molecule has 3 aromatic heterocycles. The largest absolute Gasteiger partial charge is 0.495 e. The van der Waals surface area contributed by atoms with Crippen LogP contribution in [0.2, 0.25) is 5.02 Å². The molecule has 5 nitrogen and oxygen atoms in total. The molecule has 6 heteroatoms. The van der Waals surface area contributed by atoms with E-state index in [0.29, 0.717) is 10.8 Å². The van der Waals surface area contributed by atoms with Gasteiger partial charge >= 0.3 is 0 Å². The minimum atomic E-state index is 0.562. The van der Waals surface area contributed by atoms with Crippen molar-refractivity contribution in [2.45, 2.75) is 0 Å². The van der Waals surface area contributed by atoms with Crippen molar-refractivity contribution in [3.63, 3.8) is 0 Å². The van der Waals surface area contributed by atoms with E-state index in [2.05, 4.69) is 15.0 Å². The Labute approximate surface area is 125 Å². The molecule has 0 fully saturated rings. The third kappa shape index (κ3) is 1.78. The van der Waals surface area contributed by atoms with Crippen LogP contribution >= 0.6 is 11.6 Å². The highest BCUT2D eigenvalue weighted by atomic mass is 35.5. The molecule has 0 saturated heterocycles. The van der Waals surface area contributed by atoms with Gasteiger partial charge in [-0.2, -0.15) is 0 Å². The molecule has 0 aliphatic carbocycles. The van der Waals surface area contributed by atoms with Crippen LogP contribution in [0, 0.1) is 0 Å². The molecule has 104 valence electrons. The van der Waals surface area contributed by atoms with Crippen LogP contribution in [0.3, 0.4) is 0 Å². The molecule has 0 aliphatic heterocycles. The van der Waals surface area contributed by atoms with Gasteiger partial charge in [0.05, 0.1) is 35.1 Å². The molecule has 0 radical (unpaired) electrons.